The smallest absolute Gasteiger partial charge is 0.259 e. The molecule has 7 nitrogen and oxygen atoms in total. The van der Waals surface area contributed by atoms with Gasteiger partial charge in [-0.05, 0) is 48.5 Å². The molecule has 0 radical (unpaired) electrons. The topological polar surface area (TPSA) is 88.7 Å². The summed E-state index contributed by atoms with van der Waals surface area (Å²) < 4.78 is 7.36. The molecule has 0 fully saturated rings. The van der Waals surface area contributed by atoms with E-state index in [1.807, 2.05) is 53.1 Å². The molecule has 7 heteroatoms. The second kappa shape index (κ2) is 6.55. The van der Waals surface area contributed by atoms with E-state index in [2.05, 4.69) is 20.5 Å². The molecule has 5 aromatic rings. The lowest BCUT2D eigenvalue weighted by Gasteiger charge is -2.08. The molecule has 2 aromatic carbocycles. The number of nitrogens with one attached hydrogen (secondary N) is 2. The molecule has 0 bridgehead atoms. The first kappa shape index (κ1) is 16.1. The number of nitrogens with zero attached hydrogens (tertiary/aromatic N) is 3. The van der Waals surface area contributed by atoms with Crippen LogP contribution in [0.4, 0.5) is 5.69 Å². The van der Waals surface area contributed by atoms with Gasteiger partial charge in [0.1, 0.15) is 12.0 Å². The molecule has 5 rings (SSSR count). The number of hydrogen-bond acceptors (Lipinski definition) is 4. The van der Waals surface area contributed by atoms with Crippen LogP contribution < -0.4 is 5.32 Å². The first-order chi connectivity index (χ1) is 13.8. The Balaban J connectivity index is 1.39. The monoisotopic (exact) mass is 369 g/mol. The summed E-state index contributed by atoms with van der Waals surface area (Å²) in [6.45, 7) is 0. The lowest BCUT2D eigenvalue weighted by molar-refractivity contribution is 0.102. The molecule has 1 amide bonds. The van der Waals surface area contributed by atoms with E-state index in [4.69, 9.17) is 4.42 Å². The number of carbonyl (C=O) groups is 1. The average Bonchev–Trinajstić information content (AvgIpc) is 3.47. The number of imidazole rings is 1. The van der Waals surface area contributed by atoms with E-state index in [0.717, 1.165) is 16.7 Å². The third-order valence-corrected chi connectivity index (χ3v) is 4.51. The highest BCUT2D eigenvalue weighted by Gasteiger charge is 2.17. The molecule has 0 unspecified atom stereocenters. The zero-order valence-corrected chi connectivity index (χ0v) is 14.7. The molecule has 3 aromatic heterocycles. The normalized spacial score (nSPS) is 11.0. The van der Waals surface area contributed by atoms with Crippen molar-refractivity contribution in [2.24, 2.45) is 0 Å². The second-order valence-corrected chi connectivity index (χ2v) is 6.24. The van der Waals surface area contributed by atoms with Crippen LogP contribution in [0.2, 0.25) is 0 Å². The van der Waals surface area contributed by atoms with Gasteiger partial charge in [0.2, 0.25) is 0 Å². The number of amides is 1. The SMILES string of the molecule is O=C(Nc1ccc(-n2cnc3ccccc32)cc1)c1cn[nH]c1-c1ccco1. The number of carbonyl (C=O) groups excluding carboxylic acids is 1. The molecule has 0 aliphatic carbocycles. The Morgan fingerprint density at radius 1 is 1.04 bits per heavy atom. The number of rotatable bonds is 4. The van der Waals surface area contributed by atoms with Crippen LogP contribution in [0.1, 0.15) is 10.4 Å². The van der Waals surface area contributed by atoms with Crippen LogP contribution in [0.25, 0.3) is 28.2 Å². The third kappa shape index (κ3) is 2.75. The van der Waals surface area contributed by atoms with Crippen LogP contribution in [0.5, 0.6) is 0 Å². The van der Waals surface area contributed by atoms with Crippen LogP contribution in [-0.4, -0.2) is 25.7 Å². The molecule has 0 saturated heterocycles. The molecule has 0 aliphatic heterocycles. The van der Waals surface area contributed by atoms with Gasteiger partial charge in [0.25, 0.3) is 5.91 Å². The number of benzene rings is 2. The fraction of sp³-hybridized carbons (Fsp3) is 0. The molecule has 3 heterocycles. The highest BCUT2D eigenvalue weighted by molar-refractivity contribution is 6.07. The van der Waals surface area contributed by atoms with E-state index >= 15 is 0 Å². The number of fused-ring (bicyclic) bond motifs is 1. The number of furan rings is 1. The fourth-order valence-electron chi connectivity index (χ4n) is 3.14. The quantitative estimate of drug-likeness (QED) is 0.495. The van der Waals surface area contributed by atoms with Crippen molar-refractivity contribution in [1.82, 2.24) is 19.7 Å². The largest absolute Gasteiger partial charge is 0.463 e. The minimum absolute atomic E-state index is 0.263. The molecule has 0 atom stereocenters. The summed E-state index contributed by atoms with van der Waals surface area (Å²) >= 11 is 0. The van der Waals surface area contributed by atoms with Gasteiger partial charge in [-0.15, -0.1) is 0 Å². The molecule has 2 N–H and O–H groups in total. The average molecular weight is 369 g/mol. The van der Waals surface area contributed by atoms with Crippen molar-refractivity contribution in [3.05, 3.63) is 85.0 Å². The fourth-order valence-corrected chi connectivity index (χ4v) is 3.14. The molecule has 0 spiro atoms. The standard InChI is InChI=1S/C21H15N5O2/c27-21(16-12-23-25-20(16)19-6-3-11-28-19)24-14-7-9-15(10-8-14)26-13-22-17-4-1-2-5-18(17)26/h1-13H,(H,23,25)(H,24,27). The Hall–Kier alpha value is -4.13. The van der Waals surface area contributed by atoms with Crippen LogP contribution in [0.3, 0.4) is 0 Å². The molecular formula is C21H15N5O2. The zero-order valence-electron chi connectivity index (χ0n) is 14.7. The minimum atomic E-state index is -0.263. The van der Waals surface area contributed by atoms with Gasteiger partial charge in [0.15, 0.2) is 5.76 Å². The number of para-hydroxylation sites is 2. The van der Waals surface area contributed by atoms with Gasteiger partial charge in [-0.25, -0.2) is 4.98 Å². The predicted octanol–water partition coefficient (Wildman–Crippen LogP) is 4.26. The lowest BCUT2D eigenvalue weighted by atomic mass is 10.2. The van der Waals surface area contributed by atoms with Crippen molar-refractivity contribution >= 4 is 22.6 Å². The highest BCUT2D eigenvalue weighted by atomic mass is 16.3. The first-order valence-corrected chi connectivity index (χ1v) is 8.71. The van der Waals surface area contributed by atoms with Crippen molar-refractivity contribution in [3.8, 4) is 17.1 Å². The van der Waals surface area contributed by atoms with E-state index in [9.17, 15) is 4.79 Å². The molecule has 28 heavy (non-hydrogen) atoms. The van der Waals surface area contributed by atoms with Crippen molar-refractivity contribution in [2.45, 2.75) is 0 Å². The minimum Gasteiger partial charge on any atom is -0.463 e. The van der Waals surface area contributed by atoms with Crippen molar-refractivity contribution < 1.29 is 9.21 Å². The van der Waals surface area contributed by atoms with Crippen LogP contribution in [0.15, 0.2) is 83.9 Å². The molecule has 0 aliphatic rings. The van der Waals surface area contributed by atoms with Gasteiger partial charge in [-0.3, -0.25) is 14.5 Å². The summed E-state index contributed by atoms with van der Waals surface area (Å²) in [5, 5.41) is 9.66. The number of aromatic amines is 1. The number of H-pyrrole nitrogens is 1. The van der Waals surface area contributed by atoms with Gasteiger partial charge in [0.05, 0.1) is 29.1 Å². The van der Waals surface area contributed by atoms with Crippen LogP contribution in [-0.2, 0) is 0 Å². The maximum absolute atomic E-state index is 12.7. The Kier molecular flexibility index (Phi) is 3.76. The van der Waals surface area contributed by atoms with Gasteiger partial charge < -0.3 is 9.73 Å². The maximum atomic E-state index is 12.7. The Labute approximate surface area is 159 Å². The summed E-state index contributed by atoms with van der Waals surface area (Å²) in [7, 11) is 0. The number of anilines is 1. The van der Waals surface area contributed by atoms with E-state index in [1.54, 1.807) is 24.7 Å². The molecule has 0 saturated carbocycles. The van der Waals surface area contributed by atoms with E-state index in [1.165, 1.54) is 6.20 Å². The lowest BCUT2D eigenvalue weighted by Crippen LogP contribution is -2.12. The van der Waals surface area contributed by atoms with Gasteiger partial charge in [0, 0.05) is 11.4 Å². The predicted molar refractivity (Wildman–Crippen MR) is 105 cm³/mol. The van der Waals surface area contributed by atoms with Crippen LogP contribution in [0, 0.1) is 0 Å². The van der Waals surface area contributed by atoms with E-state index < -0.39 is 0 Å². The van der Waals surface area contributed by atoms with E-state index in [-0.39, 0.29) is 5.91 Å². The van der Waals surface area contributed by atoms with Crippen molar-refractivity contribution in [2.75, 3.05) is 5.32 Å². The summed E-state index contributed by atoms with van der Waals surface area (Å²) in [4.78, 5) is 17.1. The third-order valence-electron chi connectivity index (χ3n) is 4.51. The zero-order chi connectivity index (χ0) is 18.9. The van der Waals surface area contributed by atoms with Gasteiger partial charge in [-0.1, -0.05) is 12.1 Å². The summed E-state index contributed by atoms with van der Waals surface area (Å²) in [5.41, 5.74) is 4.57. The van der Waals surface area contributed by atoms with Crippen molar-refractivity contribution in [1.29, 1.82) is 0 Å². The van der Waals surface area contributed by atoms with Crippen molar-refractivity contribution in [3.63, 3.8) is 0 Å². The summed E-state index contributed by atoms with van der Waals surface area (Å²) in [5.74, 6) is 0.297. The van der Waals surface area contributed by atoms with Gasteiger partial charge in [-0.2, -0.15) is 5.10 Å². The van der Waals surface area contributed by atoms with Gasteiger partial charge >= 0.3 is 0 Å². The number of hydrogen-bond donors (Lipinski definition) is 2. The Bertz CT molecular complexity index is 1250. The summed E-state index contributed by atoms with van der Waals surface area (Å²) in [6, 6.07) is 19.1. The first-order valence-electron chi connectivity index (χ1n) is 8.71. The second-order valence-electron chi connectivity index (χ2n) is 6.24. The number of aromatic nitrogens is 4. The molecular weight excluding hydrogens is 354 g/mol. The Morgan fingerprint density at radius 2 is 1.89 bits per heavy atom. The Morgan fingerprint density at radius 3 is 2.71 bits per heavy atom. The van der Waals surface area contributed by atoms with E-state index in [0.29, 0.717) is 22.7 Å². The molecule has 136 valence electrons. The van der Waals surface area contributed by atoms with Crippen LogP contribution >= 0.6 is 0 Å². The maximum Gasteiger partial charge on any atom is 0.259 e. The summed E-state index contributed by atoms with van der Waals surface area (Å²) in [6.07, 6.45) is 4.83. The highest BCUT2D eigenvalue weighted by Crippen LogP contribution is 2.23.